The number of pyridine rings is 1. The van der Waals surface area contributed by atoms with Crippen molar-refractivity contribution in [3.8, 4) is 5.75 Å². The van der Waals surface area contributed by atoms with Crippen LogP contribution >= 0.6 is 0 Å². The van der Waals surface area contributed by atoms with Crippen LogP contribution < -0.4 is 15.4 Å². The normalized spacial score (nSPS) is 30.2. The van der Waals surface area contributed by atoms with Crippen molar-refractivity contribution in [2.75, 3.05) is 24.6 Å². The van der Waals surface area contributed by atoms with Gasteiger partial charge in [0.15, 0.2) is 11.6 Å². The molecular formula is C15H23N3O. The van der Waals surface area contributed by atoms with Crippen LogP contribution in [0.3, 0.4) is 0 Å². The first-order valence-corrected chi connectivity index (χ1v) is 7.38. The summed E-state index contributed by atoms with van der Waals surface area (Å²) < 4.78 is 5.69. The maximum absolute atomic E-state index is 6.28. The van der Waals surface area contributed by atoms with Crippen LogP contribution in [0.15, 0.2) is 18.3 Å². The van der Waals surface area contributed by atoms with Crippen molar-refractivity contribution in [2.24, 2.45) is 17.6 Å². The van der Waals surface area contributed by atoms with E-state index in [1.165, 1.54) is 19.3 Å². The van der Waals surface area contributed by atoms with Gasteiger partial charge in [-0.25, -0.2) is 4.98 Å². The van der Waals surface area contributed by atoms with Crippen molar-refractivity contribution in [3.63, 3.8) is 0 Å². The van der Waals surface area contributed by atoms with E-state index in [9.17, 15) is 0 Å². The molecule has 2 heterocycles. The summed E-state index contributed by atoms with van der Waals surface area (Å²) in [5.74, 6) is 3.26. The molecule has 1 aromatic rings. The van der Waals surface area contributed by atoms with Crippen LogP contribution in [0, 0.1) is 11.8 Å². The lowest BCUT2D eigenvalue weighted by Crippen LogP contribution is -2.38. The second kappa shape index (κ2) is 5.37. The molecule has 0 spiro atoms. The third-order valence-electron chi connectivity index (χ3n) is 4.50. The van der Waals surface area contributed by atoms with Crippen molar-refractivity contribution in [2.45, 2.75) is 32.2 Å². The lowest BCUT2D eigenvalue weighted by atomic mass is 9.78. The number of aromatic nitrogens is 1. The van der Waals surface area contributed by atoms with Gasteiger partial charge in [-0.2, -0.15) is 0 Å². The van der Waals surface area contributed by atoms with Crippen LogP contribution in [0.2, 0.25) is 0 Å². The van der Waals surface area contributed by atoms with Gasteiger partial charge in [0.25, 0.3) is 0 Å². The Labute approximate surface area is 115 Å². The van der Waals surface area contributed by atoms with Crippen LogP contribution in [0.25, 0.3) is 0 Å². The SMILES string of the molecule is CCOc1cccnc1N1CC2CCCC(N)C2C1. The molecule has 1 saturated carbocycles. The Morgan fingerprint density at radius 1 is 1.42 bits per heavy atom. The first-order chi connectivity index (χ1) is 9.29. The lowest BCUT2D eigenvalue weighted by molar-refractivity contribution is 0.260. The Morgan fingerprint density at radius 3 is 3.11 bits per heavy atom. The highest BCUT2D eigenvalue weighted by Crippen LogP contribution is 2.39. The molecule has 104 valence electrons. The van der Waals surface area contributed by atoms with Gasteiger partial charge in [-0.05, 0) is 43.7 Å². The number of anilines is 1. The zero-order valence-corrected chi connectivity index (χ0v) is 11.6. The minimum Gasteiger partial charge on any atom is -0.490 e. The fraction of sp³-hybridized carbons (Fsp3) is 0.667. The Hall–Kier alpha value is -1.29. The molecule has 0 radical (unpaired) electrons. The van der Waals surface area contributed by atoms with E-state index in [0.29, 0.717) is 18.6 Å². The predicted octanol–water partition coefficient (Wildman–Crippen LogP) is 2.04. The topological polar surface area (TPSA) is 51.4 Å². The van der Waals surface area contributed by atoms with Gasteiger partial charge in [0.2, 0.25) is 0 Å². The lowest BCUT2D eigenvalue weighted by Gasteiger charge is -2.29. The highest BCUT2D eigenvalue weighted by Gasteiger charge is 2.39. The van der Waals surface area contributed by atoms with E-state index >= 15 is 0 Å². The minimum atomic E-state index is 0.364. The van der Waals surface area contributed by atoms with E-state index in [-0.39, 0.29) is 0 Å². The van der Waals surface area contributed by atoms with E-state index in [2.05, 4.69) is 9.88 Å². The summed E-state index contributed by atoms with van der Waals surface area (Å²) in [6.07, 6.45) is 5.61. The van der Waals surface area contributed by atoms with Crippen LogP contribution in [-0.4, -0.2) is 30.7 Å². The van der Waals surface area contributed by atoms with E-state index < -0.39 is 0 Å². The number of rotatable bonds is 3. The van der Waals surface area contributed by atoms with Crippen LogP contribution in [0.4, 0.5) is 5.82 Å². The molecule has 2 N–H and O–H groups in total. The molecule has 0 aromatic carbocycles. The van der Waals surface area contributed by atoms with Gasteiger partial charge < -0.3 is 15.4 Å². The van der Waals surface area contributed by atoms with Crippen molar-refractivity contribution in [1.29, 1.82) is 0 Å². The molecule has 3 rings (SSSR count). The third kappa shape index (κ3) is 2.41. The van der Waals surface area contributed by atoms with Gasteiger partial charge in [-0.15, -0.1) is 0 Å². The molecule has 0 amide bonds. The summed E-state index contributed by atoms with van der Waals surface area (Å²) in [5, 5.41) is 0. The van der Waals surface area contributed by atoms with Gasteiger partial charge in [-0.3, -0.25) is 0 Å². The first-order valence-electron chi connectivity index (χ1n) is 7.38. The molecule has 4 heteroatoms. The molecule has 0 bridgehead atoms. The van der Waals surface area contributed by atoms with Gasteiger partial charge in [0.1, 0.15) is 0 Å². The summed E-state index contributed by atoms with van der Waals surface area (Å²) >= 11 is 0. The quantitative estimate of drug-likeness (QED) is 0.904. The summed E-state index contributed by atoms with van der Waals surface area (Å²) in [4.78, 5) is 6.89. The zero-order chi connectivity index (χ0) is 13.2. The van der Waals surface area contributed by atoms with Crippen LogP contribution in [0.5, 0.6) is 5.75 Å². The number of ether oxygens (including phenoxy) is 1. The molecule has 3 atom stereocenters. The molecule has 1 aliphatic carbocycles. The minimum absolute atomic E-state index is 0.364. The molecule has 3 unspecified atom stereocenters. The largest absolute Gasteiger partial charge is 0.490 e. The number of hydrogen-bond donors (Lipinski definition) is 1. The predicted molar refractivity (Wildman–Crippen MR) is 76.4 cm³/mol. The molecular weight excluding hydrogens is 238 g/mol. The zero-order valence-electron chi connectivity index (χ0n) is 11.6. The van der Waals surface area contributed by atoms with Crippen LogP contribution in [0.1, 0.15) is 26.2 Å². The van der Waals surface area contributed by atoms with E-state index in [4.69, 9.17) is 10.5 Å². The Morgan fingerprint density at radius 2 is 2.32 bits per heavy atom. The van der Waals surface area contributed by atoms with E-state index in [1.807, 2.05) is 25.3 Å². The first kappa shape index (κ1) is 12.7. The van der Waals surface area contributed by atoms with Gasteiger partial charge in [-0.1, -0.05) is 6.42 Å². The smallest absolute Gasteiger partial charge is 0.171 e. The standard InChI is InChI=1S/C15H23N3O/c1-2-19-14-7-4-8-17-15(14)18-9-11-5-3-6-13(16)12(11)10-18/h4,7-8,11-13H,2-3,5-6,9-10,16H2,1H3. The second-order valence-electron chi connectivity index (χ2n) is 5.68. The molecule has 4 nitrogen and oxygen atoms in total. The van der Waals surface area contributed by atoms with Gasteiger partial charge in [0, 0.05) is 25.3 Å². The molecule has 2 fully saturated rings. The average Bonchev–Trinajstić information content (AvgIpc) is 2.85. The number of fused-ring (bicyclic) bond motifs is 1. The number of hydrogen-bond acceptors (Lipinski definition) is 4. The highest BCUT2D eigenvalue weighted by atomic mass is 16.5. The monoisotopic (exact) mass is 261 g/mol. The van der Waals surface area contributed by atoms with Gasteiger partial charge in [0.05, 0.1) is 6.61 Å². The number of nitrogens with two attached hydrogens (primary N) is 1. The summed E-state index contributed by atoms with van der Waals surface area (Å²) in [6, 6.07) is 4.31. The Kier molecular flexibility index (Phi) is 3.60. The van der Waals surface area contributed by atoms with Crippen LogP contribution in [-0.2, 0) is 0 Å². The molecule has 1 aliphatic heterocycles. The number of nitrogens with zero attached hydrogens (tertiary/aromatic N) is 2. The fourth-order valence-electron chi connectivity index (χ4n) is 3.58. The van der Waals surface area contributed by atoms with Crippen molar-refractivity contribution >= 4 is 5.82 Å². The maximum Gasteiger partial charge on any atom is 0.171 e. The Balaban J connectivity index is 1.80. The molecule has 2 aliphatic rings. The maximum atomic E-state index is 6.28. The second-order valence-corrected chi connectivity index (χ2v) is 5.68. The average molecular weight is 261 g/mol. The fourth-order valence-corrected chi connectivity index (χ4v) is 3.58. The third-order valence-corrected chi connectivity index (χ3v) is 4.50. The summed E-state index contributed by atoms with van der Waals surface area (Å²) in [6.45, 7) is 4.80. The Bertz CT molecular complexity index is 437. The van der Waals surface area contributed by atoms with Crippen molar-refractivity contribution in [1.82, 2.24) is 4.98 Å². The summed E-state index contributed by atoms with van der Waals surface area (Å²) in [7, 11) is 0. The molecule has 19 heavy (non-hydrogen) atoms. The van der Waals surface area contributed by atoms with E-state index in [0.717, 1.165) is 30.6 Å². The van der Waals surface area contributed by atoms with Gasteiger partial charge >= 0.3 is 0 Å². The van der Waals surface area contributed by atoms with E-state index in [1.54, 1.807) is 0 Å². The molecule has 1 aromatic heterocycles. The van der Waals surface area contributed by atoms with Crippen molar-refractivity contribution in [3.05, 3.63) is 18.3 Å². The summed E-state index contributed by atoms with van der Waals surface area (Å²) in [5.41, 5.74) is 6.28. The highest BCUT2D eigenvalue weighted by molar-refractivity contribution is 5.53. The van der Waals surface area contributed by atoms with Crippen molar-refractivity contribution < 1.29 is 4.74 Å². The molecule has 1 saturated heterocycles.